The summed E-state index contributed by atoms with van der Waals surface area (Å²) >= 11 is 6.04. The maximum absolute atomic E-state index is 9.23. The number of aromatic nitrogens is 2. The summed E-state index contributed by atoms with van der Waals surface area (Å²) in [6, 6.07) is 11.2. The van der Waals surface area contributed by atoms with E-state index in [1.807, 2.05) is 36.4 Å². The summed E-state index contributed by atoms with van der Waals surface area (Å²) in [5.41, 5.74) is 1.37. The van der Waals surface area contributed by atoms with E-state index in [1.165, 1.54) is 7.11 Å². The Bertz CT molecular complexity index is 654. The molecule has 0 aliphatic rings. The van der Waals surface area contributed by atoms with Crippen molar-refractivity contribution in [3.05, 3.63) is 41.0 Å². The van der Waals surface area contributed by atoms with E-state index in [1.54, 1.807) is 0 Å². The molecule has 0 aliphatic carbocycles. The molecule has 0 spiro atoms. The first-order chi connectivity index (χ1) is 10.2. The highest BCUT2D eigenvalue weighted by Gasteiger charge is 2.16. The van der Waals surface area contributed by atoms with Gasteiger partial charge in [0.05, 0.1) is 12.3 Å². The highest BCUT2D eigenvalue weighted by Crippen LogP contribution is 2.27. The van der Waals surface area contributed by atoms with Crippen LogP contribution in [-0.2, 0) is 4.74 Å². The molecular weight excluding hydrogens is 292 g/mol. The molecule has 0 amide bonds. The normalized spacial score (nSPS) is 11.7. The third kappa shape index (κ3) is 3.47. The first-order valence-corrected chi connectivity index (χ1v) is 6.50. The number of anilines is 1. The van der Waals surface area contributed by atoms with E-state index in [0.717, 1.165) is 5.56 Å². The molecule has 6 nitrogen and oxygen atoms in total. The summed E-state index contributed by atoms with van der Waals surface area (Å²) in [7, 11) is 1.44. The molecular formula is C14H13ClN4O2. The number of nitriles is 1. The van der Waals surface area contributed by atoms with Gasteiger partial charge in [-0.15, -0.1) is 0 Å². The number of hydrogen-bond donors (Lipinski definition) is 2. The van der Waals surface area contributed by atoms with Gasteiger partial charge in [-0.1, -0.05) is 41.9 Å². The van der Waals surface area contributed by atoms with Crippen molar-refractivity contribution in [2.75, 3.05) is 19.0 Å². The second-order valence-corrected chi connectivity index (χ2v) is 4.45. The molecule has 0 bridgehead atoms. The second-order valence-electron chi connectivity index (χ2n) is 4.09. The minimum Gasteiger partial charge on any atom is -0.392 e. The lowest BCUT2D eigenvalue weighted by Gasteiger charge is -2.15. The molecule has 1 atom stereocenters. The van der Waals surface area contributed by atoms with Crippen molar-refractivity contribution in [2.24, 2.45) is 0 Å². The zero-order chi connectivity index (χ0) is 15.2. The topological polar surface area (TPSA) is 91.1 Å². The average Bonchev–Trinajstić information content (AvgIpc) is 2.53. The number of aliphatic hydroxyl groups excluding tert-OH is 1. The second kappa shape index (κ2) is 6.99. The highest BCUT2D eigenvalue weighted by molar-refractivity contribution is 6.31. The smallest absolute Gasteiger partial charge is 0.226 e. The molecule has 108 valence electrons. The van der Waals surface area contributed by atoms with Crippen LogP contribution in [0.15, 0.2) is 30.3 Å². The zero-order valence-electron chi connectivity index (χ0n) is 11.2. The fraction of sp³-hybridized carbons (Fsp3) is 0.214. The van der Waals surface area contributed by atoms with E-state index >= 15 is 0 Å². The number of rotatable bonds is 5. The highest BCUT2D eigenvalue weighted by atomic mass is 35.5. The molecule has 1 heterocycles. The van der Waals surface area contributed by atoms with Crippen molar-refractivity contribution >= 4 is 17.5 Å². The fourth-order valence-electron chi connectivity index (χ4n) is 1.73. The molecule has 2 N–H and O–H groups in total. The third-order valence-corrected chi connectivity index (χ3v) is 3.04. The Morgan fingerprint density at radius 1 is 1.38 bits per heavy atom. The average molecular weight is 305 g/mol. The molecule has 7 heteroatoms. The zero-order valence-corrected chi connectivity index (χ0v) is 12.0. The molecule has 0 fully saturated rings. The van der Waals surface area contributed by atoms with Crippen molar-refractivity contribution in [1.82, 2.24) is 9.97 Å². The standard InChI is InChI=1S/C14H13ClN4O2/c1-21-11(8-20)17-14-18-12(9-5-3-2-4-6-9)10(7-16)13(15)19-14/h2-6,11,20H,8H2,1H3,(H,17,18,19). The lowest BCUT2D eigenvalue weighted by molar-refractivity contribution is 0.0680. The van der Waals surface area contributed by atoms with Gasteiger partial charge >= 0.3 is 0 Å². The molecule has 0 radical (unpaired) electrons. The predicted molar refractivity (Wildman–Crippen MR) is 78.7 cm³/mol. The molecule has 0 saturated heterocycles. The Labute approximate surface area is 127 Å². The lowest BCUT2D eigenvalue weighted by Crippen LogP contribution is -2.27. The van der Waals surface area contributed by atoms with Gasteiger partial charge in [0.1, 0.15) is 11.6 Å². The van der Waals surface area contributed by atoms with Gasteiger partial charge in [0.25, 0.3) is 0 Å². The Morgan fingerprint density at radius 2 is 2.10 bits per heavy atom. The van der Waals surface area contributed by atoms with Crippen molar-refractivity contribution in [1.29, 1.82) is 5.26 Å². The summed E-state index contributed by atoms with van der Waals surface area (Å²) in [5, 5.41) is 21.2. The van der Waals surface area contributed by atoms with Crippen molar-refractivity contribution < 1.29 is 9.84 Å². The minimum absolute atomic E-state index is 0.0432. The number of benzene rings is 1. The summed E-state index contributed by atoms with van der Waals surface area (Å²) in [4.78, 5) is 8.29. The van der Waals surface area contributed by atoms with Crippen LogP contribution in [0.2, 0.25) is 5.15 Å². The van der Waals surface area contributed by atoms with Crippen LogP contribution in [0.5, 0.6) is 0 Å². The van der Waals surface area contributed by atoms with Crippen LogP contribution in [0.4, 0.5) is 5.95 Å². The van der Waals surface area contributed by atoms with Crippen LogP contribution in [0, 0.1) is 11.3 Å². The predicted octanol–water partition coefficient (Wildman–Crippen LogP) is 2.05. The van der Waals surface area contributed by atoms with E-state index in [2.05, 4.69) is 15.3 Å². The van der Waals surface area contributed by atoms with Crippen LogP contribution in [0.3, 0.4) is 0 Å². The number of ether oxygens (including phenoxy) is 1. The van der Waals surface area contributed by atoms with Gasteiger partial charge < -0.3 is 15.2 Å². The van der Waals surface area contributed by atoms with Crippen LogP contribution >= 0.6 is 11.6 Å². The van der Waals surface area contributed by atoms with E-state index in [-0.39, 0.29) is 23.3 Å². The summed E-state index contributed by atoms with van der Waals surface area (Å²) in [5.74, 6) is 0.179. The van der Waals surface area contributed by atoms with Gasteiger partial charge in [0.15, 0.2) is 11.4 Å². The Kier molecular flexibility index (Phi) is 5.06. The van der Waals surface area contributed by atoms with E-state index in [9.17, 15) is 5.26 Å². The number of methoxy groups -OCH3 is 1. The van der Waals surface area contributed by atoms with Crippen molar-refractivity contribution in [3.63, 3.8) is 0 Å². The van der Waals surface area contributed by atoms with E-state index in [4.69, 9.17) is 21.4 Å². The molecule has 21 heavy (non-hydrogen) atoms. The molecule has 1 aromatic heterocycles. The van der Waals surface area contributed by atoms with Crippen molar-refractivity contribution in [3.8, 4) is 17.3 Å². The van der Waals surface area contributed by atoms with Crippen LogP contribution in [-0.4, -0.2) is 35.0 Å². The fourth-order valence-corrected chi connectivity index (χ4v) is 1.94. The van der Waals surface area contributed by atoms with Crippen LogP contribution in [0.25, 0.3) is 11.3 Å². The molecule has 2 aromatic rings. The summed E-state index contributed by atoms with van der Waals surface area (Å²) in [6.07, 6.45) is -0.655. The monoisotopic (exact) mass is 304 g/mol. The maximum Gasteiger partial charge on any atom is 0.226 e. The van der Waals surface area contributed by atoms with Gasteiger partial charge in [-0.25, -0.2) is 4.98 Å². The number of halogens is 1. The minimum atomic E-state index is -0.655. The van der Waals surface area contributed by atoms with E-state index in [0.29, 0.717) is 5.69 Å². The van der Waals surface area contributed by atoms with Gasteiger partial charge in [0.2, 0.25) is 5.95 Å². The third-order valence-electron chi connectivity index (χ3n) is 2.76. The molecule has 2 rings (SSSR count). The van der Waals surface area contributed by atoms with E-state index < -0.39 is 6.23 Å². The van der Waals surface area contributed by atoms with Crippen molar-refractivity contribution in [2.45, 2.75) is 6.23 Å². The Morgan fingerprint density at radius 3 is 2.67 bits per heavy atom. The molecule has 0 saturated carbocycles. The number of hydrogen-bond acceptors (Lipinski definition) is 6. The largest absolute Gasteiger partial charge is 0.392 e. The number of nitrogens with one attached hydrogen (secondary N) is 1. The molecule has 0 aliphatic heterocycles. The lowest BCUT2D eigenvalue weighted by atomic mass is 10.1. The quantitative estimate of drug-likeness (QED) is 0.649. The van der Waals surface area contributed by atoms with Crippen LogP contribution < -0.4 is 5.32 Å². The summed E-state index contributed by atoms with van der Waals surface area (Å²) < 4.78 is 5.00. The molecule has 1 unspecified atom stereocenters. The maximum atomic E-state index is 9.23. The number of nitrogens with zero attached hydrogens (tertiary/aromatic N) is 3. The van der Waals surface area contributed by atoms with Gasteiger partial charge in [-0.3, -0.25) is 0 Å². The van der Waals surface area contributed by atoms with Crippen LogP contribution in [0.1, 0.15) is 5.56 Å². The molecule has 1 aromatic carbocycles. The number of aliphatic hydroxyl groups is 1. The van der Waals surface area contributed by atoms with Gasteiger partial charge in [0, 0.05) is 12.7 Å². The summed E-state index contributed by atoms with van der Waals surface area (Å²) in [6.45, 7) is -0.252. The first kappa shape index (κ1) is 15.2. The Hall–Kier alpha value is -2.20. The van der Waals surface area contributed by atoms with Gasteiger partial charge in [-0.05, 0) is 0 Å². The first-order valence-electron chi connectivity index (χ1n) is 6.12. The Balaban J connectivity index is 2.48. The van der Waals surface area contributed by atoms with Gasteiger partial charge in [-0.2, -0.15) is 10.2 Å². The SMILES string of the molecule is COC(CO)Nc1nc(Cl)c(C#N)c(-c2ccccc2)n1.